The minimum absolute atomic E-state index is 0.0186. The lowest BCUT2D eigenvalue weighted by Crippen LogP contribution is -2.08. The number of rotatable bonds is 4. The standard InChI is InChI=1S/C14H13BrCl2N2O/c1-3-11-14(17)12(19(2)18-11)7-13(20)8-4-5-10(16)9(15)6-8/h4-6H,3,7H2,1-2H3. The number of hydrogen-bond donors (Lipinski definition) is 0. The van der Waals surface area contributed by atoms with Gasteiger partial charge in [-0.3, -0.25) is 9.48 Å². The largest absolute Gasteiger partial charge is 0.294 e. The minimum Gasteiger partial charge on any atom is -0.294 e. The summed E-state index contributed by atoms with van der Waals surface area (Å²) >= 11 is 15.5. The number of carbonyl (C=O) groups is 1. The highest BCUT2D eigenvalue weighted by molar-refractivity contribution is 9.10. The Kier molecular flexibility index (Phi) is 4.89. The molecule has 0 aliphatic rings. The van der Waals surface area contributed by atoms with Crippen molar-refractivity contribution in [3.8, 4) is 0 Å². The van der Waals surface area contributed by atoms with Crippen LogP contribution in [0.3, 0.4) is 0 Å². The number of hydrogen-bond acceptors (Lipinski definition) is 2. The zero-order valence-electron chi connectivity index (χ0n) is 11.1. The second-order valence-corrected chi connectivity index (χ2v) is 6.05. The third-order valence-electron chi connectivity index (χ3n) is 3.07. The Balaban J connectivity index is 2.28. The summed E-state index contributed by atoms with van der Waals surface area (Å²) in [5, 5.41) is 5.47. The van der Waals surface area contributed by atoms with Gasteiger partial charge in [0.15, 0.2) is 5.78 Å². The predicted octanol–water partition coefficient (Wildman–Crippen LogP) is 4.48. The molecule has 0 amide bonds. The lowest BCUT2D eigenvalue weighted by molar-refractivity contribution is 0.0990. The average molecular weight is 376 g/mol. The predicted molar refractivity (Wildman–Crippen MR) is 84.8 cm³/mol. The van der Waals surface area contributed by atoms with E-state index in [1.165, 1.54) is 0 Å². The van der Waals surface area contributed by atoms with Gasteiger partial charge in [-0.15, -0.1) is 0 Å². The minimum atomic E-state index is -0.0186. The van der Waals surface area contributed by atoms with E-state index in [1.54, 1.807) is 29.9 Å². The molecule has 0 atom stereocenters. The molecule has 0 N–H and O–H groups in total. The van der Waals surface area contributed by atoms with Crippen LogP contribution in [0, 0.1) is 0 Å². The van der Waals surface area contributed by atoms with Gasteiger partial charge >= 0.3 is 0 Å². The van der Waals surface area contributed by atoms with Gasteiger partial charge in [0.2, 0.25) is 0 Å². The molecule has 1 aromatic carbocycles. The van der Waals surface area contributed by atoms with Crippen molar-refractivity contribution in [2.24, 2.45) is 7.05 Å². The fourth-order valence-corrected chi connectivity index (χ4v) is 2.79. The van der Waals surface area contributed by atoms with Crippen LogP contribution in [-0.2, 0) is 19.9 Å². The van der Waals surface area contributed by atoms with Crippen LogP contribution in [0.2, 0.25) is 10.0 Å². The Hall–Kier alpha value is -0.840. The molecule has 2 rings (SSSR count). The number of aryl methyl sites for hydroxylation is 2. The molecule has 20 heavy (non-hydrogen) atoms. The maximum atomic E-state index is 12.3. The van der Waals surface area contributed by atoms with Crippen molar-refractivity contribution in [2.75, 3.05) is 0 Å². The van der Waals surface area contributed by atoms with Gasteiger partial charge in [0, 0.05) is 17.1 Å². The van der Waals surface area contributed by atoms with E-state index in [0.29, 0.717) is 20.1 Å². The highest BCUT2D eigenvalue weighted by atomic mass is 79.9. The number of nitrogens with zero attached hydrogens (tertiary/aromatic N) is 2. The fraction of sp³-hybridized carbons (Fsp3) is 0.286. The first-order valence-corrected chi connectivity index (χ1v) is 7.67. The number of Topliss-reactive ketones (excluding diaryl/α,β-unsaturated/α-hetero) is 1. The van der Waals surface area contributed by atoms with Crippen LogP contribution in [0.25, 0.3) is 0 Å². The van der Waals surface area contributed by atoms with Crippen LogP contribution in [0.5, 0.6) is 0 Å². The first kappa shape index (κ1) is 15.5. The maximum absolute atomic E-state index is 12.3. The highest BCUT2D eigenvalue weighted by Gasteiger charge is 2.17. The monoisotopic (exact) mass is 374 g/mol. The lowest BCUT2D eigenvalue weighted by Gasteiger charge is -2.04. The molecule has 2 aromatic rings. The Bertz CT molecular complexity index is 667. The SMILES string of the molecule is CCc1nn(C)c(CC(=O)c2ccc(Cl)c(Br)c2)c1Cl. The second-order valence-electron chi connectivity index (χ2n) is 4.41. The van der Waals surface area contributed by atoms with Crippen molar-refractivity contribution < 1.29 is 4.79 Å². The topological polar surface area (TPSA) is 34.9 Å². The average Bonchev–Trinajstić information content (AvgIpc) is 2.69. The zero-order valence-corrected chi connectivity index (χ0v) is 14.2. The number of aromatic nitrogens is 2. The lowest BCUT2D eigenvalue weighted by atomic mass is 10.1. The Morgan fingerprint density at radius 2 is 2.10 bits per heavy atom. The molecule has 0 saturated carbocycles. The van der Waals surface area contributed by atoms with Gasteiger partial charge in [0.05, 0.1) is 27.9 Å². The van der Waals surface area contributed by atoms with Crippen molar-refractivity contribution in [1.82, 2.24) is 9.78 Å². The molecule has 106 valence electrons. The van der Waals surface area contributed by atoms with Gasteiger partial charge in [-0.05, 0) is 40.5 Å². The fourth-order valence-electron chi connectivity index (χ4n) is 1.94. The Morgan fingerprint density at radius 3 is 2.65 bits per heavy atom. The molecule has 0 fully saturated rings. The Morgan fingerprint density at radius 1 is 1.40 bits per heavy atom. The van der Waals surface area contributed by atoms with Crippen LogP contribution >= 0.6 is 39.1 Å². The zero-order chi connectivity index (χ0) is 14.9. The first-order valence-electron chi connectivity index (χ1n) is 6.12. The van der Waals surface area contributed by atoms with E-state index >= 15 is 0 Å². The van der Waals surface area contributed by atoms with E-state index < -0.39 is 0 Å². The molecule has 0 spiro atoms. The highest BCUT2D eigenvalue weighted by Crippen LogP contribution is 2.26. The molecule has 0 bridgehead atoms. The second kappa shape index (κ2) is 6.29. The van der Waals surface area contributed by atoms with Gasteiger partial charge in [-0.2, -0.15) is 5.10 Å². The van der Waals surface area contributed by atoms with Crippen molar-refractivity contribution in [3.05, 3.63) is 49.7 Å². The molecule has 0 aliphatic heterocycles. The molecular formula is C14H13BrCl2N2O. The molecule has 3 nitrogen and oxygen atoms in total. The van der Waals surface area contributed by atoms with Crippen LogP contribution < -0.4 is 0 Å². The summed E-state index contributed by atoms with van der Waals surface area (Å²) in [5.41, 5.74) is 2.14. The van der Waals surface area contributed by atoms with E-state index in [4.69, 9.17) is 23.2 Å². The van der Waals surface area contributed by atoms with Crippen molar-refractivity contribution in [3.63, 3.8) is 0 Å². The van der Waals surface area contributed by atoms with Crippen molar-refractivity contribution in [2.45, 2.75) is 19.8 Å². The third-order valence-corrected chi connectivity index (χ3v) is 4.72. The summed E-state index contributed by atoms with van der Waals surface area (Å²) in [4.78, 5) is 12.3. The van der Waals surface area contributed by atoms with E-state index in [-0.39, 0.29) is 12.2 Å². The molecule has 0 radical (unpaired) electrons. The van der Waals surface area contributed by atoms with Crippen LogP contribution in [-0.4, -0.2) is 15.6 Å². The van der Waals surface area contributed by atoms with Gasteiger partial charge in [0.25, 0.3) is 0 Å². The van der Waals surface area contributed by atoms with E-state index in [0.717, 1.165) is 17.8 Å². The molecule has 1 aromatic heterocycles. The number of ketones is 1. The van der Waals surface area contributed by atoms with Gasteiger partial charge in [-0.1, -0.05) is 30.1 Å². The van der Waals surface area contributed by atoms with E-state index in [2.05, 4.69) is 21.0 Å². The summed E-state index contributed by atoms with van der Waals surface area (Å²) < 4.78 is 2.37. The third kappa shape index (κ3) is 3.08. The van der Waals surface area contributed by atoms with Crippen LogP contribution in [0.4, 0.5) is 0 Å². The van der Waals surface area contributed by atoms with Crippen molar-refractivity contribution in [1.29, 1.82) is 0 Å². The molecule has 0 unspecified atom stereocenters. The molecule has 0 saturated heterocycles. The smallest absolute Gasteiger partial charge is 0.168 e. The molecule has 1 heterocycles. The van der Waals surface area contributed by atoms with Crippen LogP contribution in [0.1, 0.15) is 28.7 Å². The van der Waals surface area contributed by atoms with Crippen molar-refractivity contribution >= 4 is 44.9 Å². The normalized spacial score (nSPS) is 10.8. The number of benzene rings is 1. The summed E-state index contributed by atoms with van der Waals surface area (Å²) in [6, 6.07) is 5.12. The number of carbonyl (C=O) groups excluding carboxylic acids is 1. The summed E-state index contributed by atoms with van der Waals surface area (Å²) in [7, 11) is 1.80. The van der Waals surface area contributed by atoms with E-state index in [1.807, 2.05) is 6.92 Å². The van der Waals surface area contributed by atoms with Crippen LogP contribution in [0.15, 0.2) is 22.7 Å². The first-order chi connectivity index (χ1) is 9.43. The number of halogens is 3. The maximum Gasteiger partial charge on any atom is 0.168 e. The van der Waals surface area contributed by atoms with E-state index in [9.17, 15) is 4.79 Å². The quantitative estimate of drug-likeness (QED) is 0.738. The Labute approximate surface area is 136 Å². The van der Waals surface area contributed by atoms with Gasteiger partial charge in [-0.25, -0.2) is 0 Å². The molecular weight excluding hydrogens is 363 g/mol. The summed E-state index contributed by atoms with van der Waals surface area (Å²) in [6.45, 7) is 1.98. The molecule has 0 aliphatic carbocycles. The molecule has 6 heteroatoms. The summed E-state index contributed by atoms with van der Waals surface area (Å²) in [6.07, 6.45) is 0.962. The summed E-state index contributed by atoms with van der Waals surface area (Å²) in [5.74, 6) is -0.0186. The van der Waals surface area contributed by atoms with Gasteiger partial charge < -0.3 is 0 Å². The van der Waals surface area contributed by atoms with Gasteiger partial charge in [0.1, 0.15) is 0 Å².